The first-order valence-electron chi connectivity index (χ1n) is 6.49. The minimum atomic E-state index is -3.49. The van der Waals surface area contributed by atoms with E-state index in [1.807, 2.05) is 0 Å². The van der Waals surface area contributed by atoms with Crippen molar-refractivity contribution in [2.24, 2.45) is 0 Å². The van der Waals surface area contributed by atoms with Crippen molar-refractivity contribution in [2.45, 2.75) is 30.6 Å². The number of hydrogen-bond acceptors (Lipinski definition) is 4. The number of methoxy groups -OCH3 is 1. The monoisotopic (exact) mass is 284 g/mol. The molecular formula is C13H20N2O3S. The molecule has 1 fully saturated rings. The minimum absolute atomic E-state index is 0.176. The van der Waals surface area contributed by atoms with Crippen LogP contribution in [0, 0.1) is 0 Å². The molecule has 1 heterocycles. The van der Waals surface area contributed by atoms with Crippen molar-refractivity contribution < 1.29 is 13.2 Å². The Labute approximate surface area is 114 Å². The zero-order chi connectivity index (χ0) is 13.9. The molecule has 0 aromatic heterocycles. The van der Waals surface area contributed by atoms with Crippen LogP contribution in [0.4, 0.5) is 5.69 Å². The number of nitrogen functional groups attached to an aromatic ring is 1. The van der Waals surface area contributed by atoms with Crippen LogP contribution < -0.4 is 10.5 Å². The van der Waals surface area contributed by atoms with Crippen LogP contribution in [0.2, 0.25) is 0 Å². The number of hydrogen-bond donors (Lipinski definition) is 1. The molecule has 2 N–H and O–H groups in total. The van der Waals surface area contributed by atoms with Crippen molar-refractivity contribution in [1.82, 2.24) is 4.31 Å². The molecule has 1 aromatic rings. The van der Waals surface area contributed by atoms with Crippen LogP contribution >= 0.6 is 0 Å². The van der Waals surface area contributed by atoms with Gasteiger partial charge in [0.2, 0.25) is 10.0 Å². The minimum Gasteiger partial charge on any atom is -0.497 e. The summed E-state index contributed by atoms with van der Waals surface area (Å²) in [5.74, 6) is 0.562. The van der Waals surface area contributed by atoms with Crippen molar-refractivity contribution in [3.8, 4) is 5.75 Å². The Bertz CT molecular complexity index is 535. The molecule has 1 saturated heterocycles. The van der Waals surface area contributed by atoms with Gasteiger partial charge in [-0.1, -0.05) is 12.8 Å². The molecular weight excluding hydrogens is 264 g/mol. The van der Waals surface area contributed by atoms with Crippen molar-refractivity contribution in [2.75, 3.05) is 25.9 Å². The molecule has 0 aliphatic carbocycles. The Morgan fingerprint density at radius 2 is 1.79 bits per heavy atom. The number of ether oxygens (including phenoxy) is 1. The first-order chi connectivity index (χ1) is 9.05. The number of anilines is 1. The quantitative estimate of drug-likeness (QED) is 0.860. The summed E-state index contributed by atoms with van der Waals surface area (Å²) in [5, 5.41) is 0. The molecule has 0 spiro atoms. The largest absolute Gasteiger partial charge is 0.497 e. The first kappa shape index (κ1) is 14.1. The lowest BCUT2D eigenvalue weighted by molar-refractivity contribution is 0.413. The highest BCUT2D eigenvalue weighted by Gasteiger charge is 2.27. The molecule has 0 unspecified atom stereocenters. The highest BCUT2D eigenvalue weighted by molar-refractivity contribution is 7.89. The van der Waals surface area contributed by atoms with E-state index in [2.05, 4.69) is 0 Å². The maximum absolute atomic E-state index is 12.6. The zero-order valence-corrected chi connectivity index (χ0v) is 11.9. The van der Waals surface area contributed by atoms with Crippen LogP contribution in [0.15, 0.2) is 23.1 Å². The van der Waals surface area contributed by atoms with Crippen LogP contribution in [0.3, 0.4) is 0 Å². The van der Waals surface area contributed by atoms with Gasteiger partial charge in [0.1, 0.15) is 10.6 Å². The summed E-state index contributed by atoms with van der Waals surface area (Å²) in [6.07, 6.45) is 4.00. The molecule has 6 heteroatoms. The number of rotatable bonds is 3. The normalized spacial score (nSPS) is 17.9. The first-order valence-corrected chi connectivity index (χ1v) is 7.93. The summed E-state index contributed by atoms with van der Waals surface area (Å²) in [7, 11) is -1.96. The lowest BCUT2D eigenvalue weighted by Crippen LogP contribution is -2.32. The van der Waals surface area contributed by atoms with Gasteiger partial charge in [-0.3, -0.25) is 0 Å². The van der Waals surface area contributed by atoms with Gasteiger partial charge in [0.05, 0.1) is 12.8 Å². The molecule has 0 radical (unpaired) electrons. The fourth-order valence-corrected chi connectivity index (χ4v) is 3.92. The second kappa shape index (κ2) is 5.79. The van der Waals surface area contributed by atoms with Crippen molar-refractivity contribution in [3.63, 3.8) is 0 Å². The Kier molecular flexibility index (Phi) is 4.31. The Balaban J connectivity index is 2.32. The highest BCUT2D eigenvalue weighted by atomic mass is 32.2. The average molecular weight is 284 g/mol. The maximum atomic E-state index is 12.6. The molecule has 0 atom stereocenters. The molecule has 1 aromatic carbocycles. The summed E-state index contributed by atoms with van der Waals surface area (Å²) in [4.78, 5) is 0.176. The topological polar surface area (TPSA) is 72.6 Å². The Hall–Kier alpha value is -1.27. The van der Waals surface area contributed by atoms with Gasteiger partial charge in [0.15, 0.2) is 0 Å². The van der Waals surface area contributed by atoms with Crippen LogP contribution in [-0.2, 0) is 10.0 Å². The van der Waals surface area contributed by atoms with Crippen molar-refractivity contribution >= 4 is 15.7 Å². The van der Waals surface area contributed by atoms with E-state index in [0.29, 0.717) is 18.8 Å². The van der Waals surface area contributed by atoms with Gasteiger partial charge in [-0.15, -0.1) is 0 Å². The van der Waals surface area contributed by atoms with E-state index in [4.69, 9.17) is 10.5 Å². The van der Waals surface area contributed by atoms with Gasteiger partial charge in [0.25, 0.3) is 0 Å². The smallest absolute Gasteiger partial charge is 0.245 e. The van der Waals surface area contributed by atoms with E-state index in [1.54, 1.807) is 12.1 Å². The lowest BCUT2D eigenvalue weighted by atomic mass is 10.2. The lowest BCUT2D eigenvalue weighted by Gasteiger charge is -2.21. The number of benzene rings is 1. The zero-order valence-electron chi connectivity index (χ0n) is 11.1. The summed E-state index contributed by atoms with van der Waals surface area (Å²) < 4.78 is 31.7. The van der Waals surface area contributed by atoms with Gasteiger partial charge in [0, 0.05) is 19.2 Å². The third-order valence-corrected chi connectivity index (χ3v) is 5.37. The predicted octanol–water partition coefficient (Wildman–Crippen LogP) is 1.84. The number of nitrogens with zero attached hydrogens (tertiary/aromatic N) is 1. The third-order valence-electron chi connectivity index (χ3n) is 3.40. The molecule has 1 aliphatic rings. The molecule has 19 heavy (non-hydrogen) atoms. The fourth-order valence-electron chi connectivity index (χ4n) is 2.31. The van der Waals surface area contributed by atoms with E-state index >= 15 is 0 Å². The van der Waals surface area contributed by atoms with E-state index in [-0.39, 0.29) is 10.6 Å². The van der Waals surface area contributed by atoms with Crippen LogP contribution in [-0.4, -0.2) is 32.9 Å². The SMILES string of the molecule is COc1ccc(S(=O)(=O)N2CCCCCC2)c(N)c1. The Morgan fingerprint density at radius 3 is 2.32 bits per heavy atom. The summed E-state index contributed by atoms with van der Waals surface area (Å²) in [6, 6.07) is 4.69. The molecule has 5 nitrogen and oxygen atoms in total. The maximum Gasteiger partial charge on any atom is 0.245 e. The van der Waals surface area contributed by atoms with Crippen LogP contribution in [0.25, 0.3) is 0 Å². The predicted molar refractivity (Wildman–Crippen MR) is 74.6 cm³/mol. The van der Waals surface area contributed by atoms with Gasteiger partial charge in [-0.2, -0.15) is 4.31 Å². The number of nitrogens with two attached hydrogens (primary N) is 1. The fraction of sp³-hybridized carbons (Fsp3) is 0.538. The molecule has 0 saturated carbocycles. The Morgan fingerprint density at radius 1 is 1.16 bits per heavy atom. The van der Waals surface area contributed by atoms with Crippen LogP contribution in [0.1, 0.15) is 25.7 Å². The molecule has 106 valence electrons. The van der Waals surface area contributed by atoms with Gasteiger partial charge >= 0.3 is 0 Å². The molecule has 1 aliphatic heterocycles. The van der Waals surface area contributed by atoms with Crippen molar-refractivity contribution in [3.05, 3.63) is 18.2 Å². The van der Waals surface area contributed by atoms with Gasteiger partial charge < -0.3 is 10.5 Å². The van der Waals surface area contributed by atoms with Crippen molar-refractivity contribution in [1.29, 1.82) is 0 Å². The third kappa shape index (κ3) is 3.01. The van der Waals surface area contributed by atoms with Gasteiger partial charge in [-0.25, -0.2) is 8.42 Å². The summed E-state index contributed by atoms with van der Waals surface area (Å²) in [5.41, 5.74) is 6.08. The molecule has 0 bridgehead atoms. The molecule has 0 amide bonds. The van der Waals surface area contributed by atoms with E-state index < -0.39 is 10.0 Å². The van der Waals surface area contributed by atoms with E-state index in [0.717, 1.165) is 25.7 Å². The summed E-state index contributed by atoms with van der Waals surface area (Å²) in [6.45, 7) is 1.15. The highest BCUT2D eigenvalue weighted by Crippen LogP contribution is 2.27. The average Bonchev–Trinajstić information content (AvgIpc) is 2.67. The molecule has 2 rings (SSSR count). The van der Waals surface area contributed by atoms with E-state index in [9.17, 15) is 8.42 Å². The second-order valence-corrected chi connectivity index (χ2v) is 6.63. The second-order valence-electron chi connectivity index (χ2n) is 4.72. The van der Waals surface area contributed by atoms with Crippen LogP contribution in [0.5, 0.6) is 5.75 Å². The number of sulfonamides is 1. The van der Waals surface area contributed by atoms with E-state index in [1.165, 1.54) is 17.5 Å². The standard InChI is InChI=1S/C13H20N2O3S/c1-18-11-6-7-13(12(14)10-11)19(16,17)15-8-4-2-3-5-9-15/h6-7,10H,2-5,8-9,14H2,1H3. The summed E-state index contributed by atoms with van der Waals surface area (Å²) >= 11 is 0. The van der Waals surface area contributed by atoms with Gasteiger partial charge in [-0.05, 0) is 25.0 Å².